The minimum Gasteiger partial charge on any atom is -0.369 e. The summed E-state index contributed by atoms with van der Waals surface area (Å²) in [6, 6.07) is 4.27. The molecule has 2 nitrogen and oxygen atoms in total. The van der Waals surface area contributed by atoms with E-state index < -0.39 is 0 Å². The zero-order valence-corrected chi connectivity index (χ0v) is 11.1. The van der Waals surface area contributed by atoms with Gasteiger partial charge in [-0.05, 0) is 37.6 Å². The van der Waals surface area contributed by atoms with E-state index in [1.165, 1.54) is 16.1 Å². The number of aryl methyl sites for hydroxylation is 1. The second-order valence-electron chi connectivity index (χ2n) is 4.07. The summed E-state index contributed by atoms with van der Waals surface area (Å²) in [7, 11) is 0. The fraction of sp³-hybridized carbons (Fsp3) is 0.500. The summed E-state index contributed by atoms with van der Waals surface area (Å²) in [5.74, 6) is 1.14. The molecule has 0 saturated heterocycles. The molecule has 0 saturated carbocycles. The molecule has 0 aromatic heterocycles. The van der Waals surface area contributed by atoms with E-state index in [0.717, 1.165) is 36.8 Å². The summed E-state index contributed by atoms with van der Waals surface area (Å²) in [4.78, 5) is 3.67. The lowest BCUT2D eigenvalue weighted by Gasteiger charge is -2.32. The van der Waals surface area contributed by atoms with E-state index in [1.807, 2.05) is 17.8 Å². The highest BCUT2D eigenvalue weighted by molar-refractivity contribution is 7.99. The summed E-state index contributed by atoms with van der Waals surface area (Å²) in [5.41, 5.74) is 8.00. The van der Waals surface area contributed by atoms with Crippen molar-refractivity contribution < 1.29 is 0 Å². The van der Waals surface area contributed by atoms with Crippen LogP contribution in [0.15, 0.2) is 17.0 Å². The second kappa shape index (κ2) is 5.30. The molecular weight excluding hydrogens is 240 g/mol. The third kappa shape index (κ3) is 2.47. The van der Waals surface area contributed by atoms with Gasteiger partial charge in [-0.25, -0.2) is 0 Å². The van der Waals surface area contributed by atoms with E-state index >= 15 is 0 Å². The maximum Gasteiger partial charge on any atom is 0.0694 e. The number of rotatable bonds is 3. The molecule has 2 rings (SSSR count). The lowest BCUT2D eigenvalue weighted by atomic mass is 10.2. The van der Waals surface area contributed by atoms with Crippen molar-refractivity contribution in [2.75, 3.05) is 30.3 Å². The molecule has 0 bridgehead atoms. The van der Waals surface area contributed by atoms with Crippen molar-refractivity contribution in [3.8, 4) is 0 Å². The largest absolute Gasteiger partial charge is 0.369 e. The molecule has 4 heteroatoms. The number of anilines is 1. The van der Waals surface area contributed by atoms with Crippen LogP contribution in [0.2, 0.25) is 5.02 Å². The Morgan fingerprint density at radius 2 is 2.31 bits per heavy atom. The normalized spacial score (nSPS) is 15.1. The minimum absolute atomic E-state index is 0.739. The summed E-state index contributed by atoms with van der Waals surface area (Å²) >= 11 is 8.23. The Morgan fingerprint density at radius 3 is 3.06 bits per heavy atom. The van der Waals surface area contributed by atoms with E-state index in [0.29, 0.717) is 0 Å². The molecule has 1 aromatic carbocycles. The number of hydrogen-bond acceptors (Lipinski definition) is 3. The first-order chi connectivity index (χ1) is 7.72. The van der Waals surface area contributed by atoms with Gasteiger partial charge in [0.25, 0.3) is 0 Å². The summed E-state index contributed by atoms with van der Waals surface area (Å²) in [6.45, 7) is 4.90. The van der Waals surface area contributed by atoms with E-state index in [4.69, 9.17) is 17.3 Å². The van der Waals surface area contributed by atoms with Crippen molar-refractivity contribution >= 4 is 29.1 Å². The SMILES string of the molecule is Cc1cc(Cl)c2c(c1)SCCN2CCCN. The molecule has 0 aliphatic carbocycles. The lowest BCUT2D eigenvalue weighted by Crippen LogP contribution is -2.31. The van der Waals surface area contributed by atoms with Crippen LogP contribution < -0.4 is 10.6 Å². The molecule has 1 aliphatic rings. The average Bonchev–Trinajstić information content (AvgIpc) is 2.25. The van der Waals surface area contributed by atoms with Gasteiger partial charge in [-0.3, -0.25) is 0 Å². The van der Waals surface area contributed by atoms with Gasteiger partial charge in [0.05, 0.1) is 10.7 Å². The Balaban J connectivity index is 2.30. The Labute approximate surface area is 106 Å². The zero-order chi connectivity index (χ0) is 11.5. The van der Waals surface area contributed by atoms with Crippen molar-refractivity contribution in [3.05, 3.63) is 22.7 Å². The van der Waals surface area contributed by atoms with Gasteiger partial charge < -0.3 is 10.6 Å². The Morgan fingerprint density at radius 1 is 1.50 bits per heavy atom. The lowest BCUT2D eigenvalue weighted by molar-refractivity contribution is 0.747. The first-order valence-corrected chi connectivity index (χ1v) is 6.96. The molecule has 0 spiro atoms. The molecule has 1 heterocycles. The molecule has 16 heavy (non-hydrogen) atoms. The Bertz CT molecular complexity index is 382. The predicted octanol–water partition coefficient (Wildman–Crippen LogP) is 2.91. The third-order valence-corrected chi connectivity index (χ3v) is 4.04. The van der Waals surface area contributed by atoms with Crippen LogP contribution in [-0.4, -0.2) is 25.4 Å². The maximum atomic E-state index is 6.33. The molecule has 2 N–H and O–H groups in total. The van der Waals surface area contributed by atoms with Crippen LogP contribution in [0.5, 0.6) is 0 Å². The molecule has 1 aliphatic heterocycles. The van der Waals surface area contributed by atoms with Crippen molar-refractivity contribution in [2.45, 2.75) is 18.2 Å². The third-order valence-electron chi connectivity index (χ3n) is 2.74. The van der Waals surface area contributed by atoms with Crippen LogP contribution in [0, 0.1) is 6.92 Å². The summed E-state index contributed by atoms with van der Waals surface area (Å²) < 4.78 is 0. The number of nitrogens with two attached hydrogens (primary N) is 1. The second-order valence-corrected chi connectivity index (χ2v) is 5.62. The topological polar surface area (TPSA) is 29.3 Å². The molecule has 1 aromatic rings. The van der Waals surface area contributed by atoms with Gasteiger partial charge >= 0.3 is 0 Å². The van der Waals surface area contributed by atoms with Crippen LogP contribution in [0.4, 0.5) is 5.69 Å². The van der Waals surface area contributed by atoms with E-state index in [9.17, 15) is 0 Å². The van der Waals surface area contributed by atoms with Gasteiger partial charge in [-0.15, -0.1) is 11.8 Å². The monoisotopic (exact) mass is 256 g/mol. The highest BCUT2D eigenvalue weighted by Gasteiger charge is 2.20. The first kappa shape index (κ1) is 12.1. The van der Waals surface area contributed by atoms with Gasteiger partial charge in [0.15, 0.2) is 0 Å². The molecular formula is C12H17ClN2S. The van der Waals surface area contributed by atoms with Gasteiger partial charge in [-0.1, -0.05) is 11.6 Å². The summed E-state index contributed by atoms with van der Waals surface area (Å²) in [5, 5.41) is 0.874. The number of halogens is 1. The Hall–Kier alpha value is -0.380. The van der Waals surface area contributed by atoms with Gasteiger partial charge in [-0.2, -0.15) is 0 Å². The molecule has 0 amide bonds. The average molecular weight is 257 g/mol. The van der Waals surface area contributed by atoms with Crippen LogP contribution >= 0.6 is 23.4 Å². The molecule has 0 unspecified atom stereocenters. The summed E-state index contributed by atoms with van der Waals surface area (Å²) in [6.07, 6.45) is 1.02. The van der Waals surface area contributed by atoms with Crippen molar-refractivity contribution in [1.82, 2.24) is 0 Å². The number of thioether (sulfide) groups is 1. The number of fused-ring (bicyclic) bond motifs is 1. The quantitative estimate of drug-likeness (QED) is 0.902. The minimum atomic E-state index is 0.739. The van der Waals surface area contributed by atoms with Gasteiger partial charge in [0.1, 0.15) is 0 Å². The molecule has 0 atom stereocenters. The highest BCUT2D eigenvalue weighted by atomic mass is 35.5. The van der Waals surface area contributed by atoms with Gasteiger partial charge in [0.2, 0.25) is 0 Å². The number of nitrogens with zero attached hydrogens (tertiary/aromatic N) is 1. The van der Waals surface area contributed by atoms with Crippen molar-refractivity contribution in [1.29, 1.82) is 0 Å². The number of benzene rings is 1. The van der Waals surface area contributed by atoms with E-state index in [2.05, 4.69) is 17.9 Å². The standard InChI is InChI=1S/C12H17ClN2S/c1-9-7-10(13)12-11(8-9)16-6-5-15(12)4-2-3-14/h7-8H,2-6,14H2,1H3. The van der Waals surface area contributed by atoms with Crippen LogP contribution in [0.3, 0.4) is 0 Å². The van der Waals surface area contributed by atoms with Gasteiger partial charge in [0, 0.05) is 23.7 Å². The number of hydrogen-bond donors (Lipinski definition) is 1. The molecule has 0 radical (unpaired) electrons. The molecule has 0 fully saturated rings. The van der Waals surface area contributed by atoms with Crippen LogP contribution in [0.25, 0.3) is 0 Å². The van der Waals surface area contributed by atoms with E-state index in [1.54, 1.807) is 0 Å². The predicted molar refractivity (Wildman–Crippen MR) is 72.8 cm³/mol. The molecule has 88 valence electrons. The zero-order valence-electron chi connectivity index (χ0n) is 9.50. The van der Waals surface area contributed by atoms with E-state index in [-0.39, 0.29) is 0 Å². The fourth-order valence-electron chi connectivity index (χ4n) is 2.00. The van der Waals surface area contributed by atoms with Crippen molar-refractivity contribution in [2.24, 2.45) is 5.73 Å². The maximum absolute atomic E-state index is 6.33. The van der Waals surface area contributed by atoms with Crippen LogP contribution in [-0.2, 0) is 0 Å². The Kier molecular flexibility index (Phi) is 4.00. The first-order valence-electron chi connectivity index (χ1n) is 5.60. The highest BCUT2D eigenvalue weighted by Crippen LogP contribution is 2.40. The van der Waals surface area contributed by atoms with Crippen molar-refractivity contribution in [3.63, 3.8) is 0 Å². The smallest absolute Gasteiger partial charge is 0.0694 e. The van der Waals surface area contributed by atoms with Crippen LogP contribution in [0.1, 0.15) is 12.0 Å². The fourth-order valence-corrected chi connectivity index (χ4v) is 3.63.